The van der Waals surface area contributed by atoms with Crippen LogP contribution >= 0.6 is 0 Å². The van der Waals surface area contributed by atoms with Crippen LogP contribution in [0.3, 0.4) is 0 Å². The van der Waals surface area contributed by atoms with Crippen molar-refractivity contribution in [2.45, 2.75) is 58.7 Å². The molecule has 0 radical (unpaired) electrons. The maximum atomic E-state index is 5.73. The van der Waals surface area contributed by atoms with E-state index in [0.29, 0.717) is 12.2 Å². The second kappa shape index (κ2) is 6.41. The van der Waals surface area contributed by atoms with Crippen molar-refractivity contribution in [2.24, 2.45) is 5.92 Å². The molecule has 1 aliphatic rings. The predicted octanol–water partition coefficient (Wildman–Crippen LogP) is 2.58. The third kappa shape index (κ3) is 4.97. The third-order valence-corrected chi connectivity index (χ3v) is 2.83. The van der Waals surface area contributed by atoms with E-state index < -0.39 is 0 Å². The fourth-order valence-electron chi connectivity index (χ4n) is 1.93. The molecule has 1 N–H and O–H groups in total. The Morgan fingerprint density at radius 2 is 2.14 bits per heavy atom. The average Bonchev–Trinajstić information content (AvgIpc) is 2.50. The van der Waals surface area contributed by atoms with Crippen molar-refractivity contribution in [3.63, 3.8) is 0 Å². The molecule has 1 saturated heterocycles. The van der Waals surface area contributed by atoms with Gasteiger partial charge in [-0.1, -0.05) is 13.8 Å². The van der Waals surface area contributed by atoms with Gasteiger partial charge in [-0.15, -0.1) is 0 Å². The van der Waals surface area contributed by atoms with Crippen LogP contribution in [-0.2, 0) is 4.74 Å². The molecular formula is C12H25NO. The minimum absolute atomic E-state index is 0.476. The molecule has 0 aromatic carbocycles. The monoisotopic (exact) mass is 199 g/mol. The van der Waals surface area contributed by atoms with E-state index in [9.17, 15) is 0 Å². The van der Waals surface area contributed by atoms with Gasteiger partial charge in [0.05, 0.1) is 12.2 Å². The Morgan fingerprint density at radius 1 is 1.36 bits per heavy atom. The molecule has 1 aliphatic heterocycles. The molecule has 2 heteroatoms. The molecular weight excluding hydrogens is 174 g/mol. The van der Waals surface area contributed by atoms with Crippen LogP contribution in [-0.4, -0.2) is 25.3 Å². The summed E-state index contributed by atoms with van der Waals surface area (Å²) in [6.45, 7) is 8.91. The number of hydrogen-bond acceptors (Lipinski definition) is 2. The Morgan fingerprint density at radius 3 is 2.71 bits per heavy atom. The minimum atomic E-state index is 0.476. The highest BCUT2D eigenvalue weighted by Gasteiger charge is 2.20. The highest BCUT2D eigenvalue weighted by Crippen LogP contribution is 2.18. The Balaban J connectivity index is 1.89. The first-order valence-electron chi connectivity index (χ1n) is 6.04. The van der Waals surface area contributed by atoms with Gasteiger partial charge in [0.2, 0.25) is 0 Å². The van der Waals surface area contributed by atoms with Crippen LogP contribution < -0.4 is 5.32 Å². The Kier molecular flexibility index (Phi) is 5.49. The molecule has 0 amide bonds. The van der Waals surface area contributed by atoms with E-state index in [1.54, 1.807) is 0 Å². The molecule has 1 heterocycles. The van der Waals surface area contributed by atoms with Crippen LogP contribution in [0, 0.1) is 5.92 Å². The fraction of sp³-hybridized carbons (Fsp3) is 1.00. The molecule has 2 atom stereocenters. The number of hydrogen-bond donors (Lipinski definition) is 1. The molecule has 0 spiro atoms. The molecule has 0 bridgehead atoms. The number of ether oxygens (including phenoxy) is 1. The zero-order chi connectivity index (χ0) is 10.4. The summed E-state index contributed by atoms with van der Waals surface area (Å²) >= 11 is 0. The number of rotatable bonds is 6. The van der Waals surface area contributed by atoms with Gasteiger partial charge in [0, 0.05) is 6.54 Å². The Bertz CT molecular complexity index is 147. The van der Waals surface area contributed by atoms with Crippen LogP contribution in [0.4, 0.5) is 0 Å². The molecule has 2 unspecified atom stereocenters. The second-order valence-electron chi connectivity index (χ2n) is 4.89. The van der Waals surface area contributed by atoms with Crippen molar-refractivity contribution in [3.05, 3.63) is 0 Å². The van der Waals surface area contributed by atoms with Crippen LogP contribution in [0.2, 0.25) is 0 Å². The van der Waals surface area contributed by atoms with Gasteiger partial charge in [0.25, 0.3) is 0 Å². The SMILES string of the molecule is CC(C)CCCNCC1CCC(C)O1. The molecule has 2 nitrogen and oxygen atoms in total. The van der Waals surface area contributed by atoms with Crippen molar-refractivity contribution >= 4 is 0 Å². The second-order valence-corrected chi connectivity index (χ2v) is 4.89. The van der Waals surface area contributed by atoms with E-state index >= 15 is 0 Å². The van der Waals surface area contributed by atoms with E-state index in [4.69, 9.17) is 4.74 Å². The van der Waals surface area contributed by atoms with Crippen LogP contribution in [0.15, 0.2) is 0 Å². The molecule has 84 valence electrons. The van der Waals surface area contributed by atoms with Gasteiger partial charge in [0.15, 0.2) is 0 Å². The van der Waals surface area contributed by atoms with Crippen molar-refractivity contribution in [2.75, 3.05) is 13.1 Å². The van der Waals surface area contributed by atoms with Crippen molar-refractivity contribution < 1.29 is 4.74 Å². The van der Waals surface area contributed by atoms with Crippen molar-refractivity contribution in [1.82, 2.24) is 5.32 Å². The minimum Gasteiger partial charge on any atom is -0.374 e. The molecule has 0 saturated carbocycles. The van der Waals surface area contributed by atoms with Crippen molar-refractivity contribution in [3.8, 4) is 0 Å². The summed E-state index contributed by atoms with van der Waals surface area (Å²) in [5.41, 5.74) is 0. The Labute approximate surface area is 88.4 Å². The van der Waals surface area contributed by atoms with Crippen molar-refractivity contribution in [1.29, 1.82) is 0 Å². The zero-order valence-corrected chi connectivity index (χ0v) is 9.88. The van der Waals surface area contributed by atoms with Gasteiger partial charge in [-0.2, -0.15) is 0 Å². The Hall–Kier alpha value is -0.0800. The third-order valence-electron chi connectivity index (χ3n) is 2.83. The van der Waals surface area contributed by atoms with E-state index in [-0.39, 0.29) is 0 Å². The largest absolute Gasteiger partial charge is 0.374 e. The first-order chi connectivity index (χ1) is 6.68. The van der Waals surface area contributed by atoms with Gasteiger partial charge in [0.1, 0.15) is 0 Å². The highest BCUT2D eigenvalue weighted by molar-refractivity contribution is 4.72. The smallest absolute Gasteiger partial charge is 0.0704 e. The molecule has 0 aromatic heterocycles. The van der Waals surface area contributed by atoms with Crippen LogP contribution in [0.5, 0.6) is 0 Å². The molecule has 1 fully saturated rings. The quantitative estimate of drug-likeness (QED) is 0.664. The van der Waals surface area contributed by atoms with E-state index in [1.807, 2.05) is 0 Å². The normalized spacial score (nSPS) is 27.4. The zero-order valence-electron chi connectivity index (χ0n) is 9.88. The van der Waals surface area contributed by atoms with Gasteiger partial charge in [-0.25, -0.2) is 0 Å². The maximum absolute atomic E-state index is 5.73. The van der Waals surface area contributed by atoms with E-state index in [2.05, 4.69) is 26.1 Å². The lowest BCUT2D eigenvalue weighted by Gasteiger charge is -2.12. The summed E-state index contributed by atoms with van der Waals surface area (Å²) in [7, 11) is 0. The lowest BCUT2D eigenvalue weighted by molar-refractivity contribution is 0.0561. The standard InChI is InChI=1S/C12H25NO/c1-10(2)5-4-8-13-9-12-7-6-11(3)14-12/h10-13H,4-9H2,1-3H3. The molecule has 0 aromatic rings. The lowest BCUT2D eigenvalue weighted by atomic mass is 10.1. The summed E-state index contributed by atoms with van der Waals surface area (Å²) < 4.78 is 5.73. The summed E-state index contributed by atoms with van der Waals surface area (Å²) in [6.07, 6.45) is 6.05. The predicted molar refractivity (Wildman–Crippen MR) is 60.5 cm³/mol. The van der Waals surface area contributed by atoms with E-state index in [1.165, 1.54) is 25.7 Å². The van der Waals surface area contributed by atoms with Gasteiger partial charge in [-0.05, 0) is 45.1 Å². The topological polar surface area (TPSA) is 21.3 Å². The highest BCUT2D eigenvalue weighted by atomic mass is 16.5. The summed E-state index contributed by atoms with van der Waals surface area (Å²) in [6, 6.07) is 0. The van der Waals surface area contributed by atoms with Gasteiger partial charge in [-0.3, -0.25) is 0 Å². The van der Waals surface area contributed by atoms with Crippen LogP contribution in [0.25, 0.3) is 0 Å². The molecule has 0 aliphatic carbocycles. The summed E-state index contributed by atoms with van der Waals surface area (Å²) in [5.74, 6) is 0.833. The van der Waals surface area contributed by atoms with Gasteiger partial charge >= 0.3 is 0 Å². The first-order valence-corrected chi connectivity index (χ1v) is 6.04. The number of nitrogens with one attached hydrogen (secondary N) is 1. The van der Waals surface area contributed by atoms with E-state index in [0.717, 1.165) is 19.0 Å². The van der Waals surface area contributed by atoms with Crippen LogP contribution in [0.1, 0.15) is 46.5 Å². The average molecular weight is 199 g/mol. The maximum Gasteiger partial charge on any atom is 0.0704 e. The fourth-order valence-corrected chi connectivity index (χ4v) is 1.93. The summed E-state index contributed by atoms with van der Waals surface area (Å²) in [5, 5.41) is 3.48. The summed E-state index contributed by atoms with van der Waals surface area (Å²) in [4.78, 5) is 0. The molecule has 14 heavy (non-hydrogen) atoms. The lowest BCUT2D eigenvalue weighted by Crippen LogP contribution is -2.27. The molecule has 1 rings (SSSR count). The first kappa shape index (κ1) is 12.0. The van der Waals surface area contributed by atoms with Gasteiger partial charge < -0.3 is 10.1 Å².